The molecule has 1 amide bonds. The molecule has 124 valence electrons. The van der Waals surface area contributed by atoms with E-state index in [1.54, 1.807) is 12.1 Å². The molecule has 3 aliphatic rings. The fraction of sp³-hybridized carbons (Fsp3) is 0.632. The van der Waals surface area contributed by atoms with Crippen molar-refractivity contribution in [2.45, 2.75) is 44.6 Å². The molecule has 2 unspecified atom stereocenters. The molecule has 0 spiro atoms. The molecule has 3 fully saturated rings. The standard InChI is InChI=1S/C19H25FN2O/c1-13-9-15-12-22(8-7-21(15)11-13)18(23)14-3-4-17(20)16(10-14)19(2)5-6-19/h3-4,10,13,15H,5-9,11-12H2,1-2H3. The summed E-state index contributed by atoms with van der Waals surface area (Å²) in [7, 11) is 0. The maximum absolute atomic E-state index is 14.1. The second-order valence-electron chi connectivity index (χ2n) is 8.00. The number of fused-ring (bicyclic) bond motifs is 1. The number of benzene rings is 1. The van der Waals surface area contributed by atoms with Crippen molar-refractivity contribution >= 4 is 5.91 Å². The van der Waals surface area contributed by atoms with Gasteiger partial charge in [0.15, 0.2) is 0 Å². The largest absolute Gasteiger partial charge is 0.336 e. The quantitative estimate of drug-likeness (QED) is 0.837. The molecule has 0 bridgehead atoms. The average Bonchev–Trinajstić information content (AvgIpc) is 3.16. The predicted molar refractivity (Wildman–Crippen MR) is 88.0 cm³/mol. The van der Waals surface area contributed by atoms with Crippen molar-refractivity contribution in [1.29, 1.82) is 0 Å². The highest BCUT2D eigenvalue weighted by molar-refractivity contribution is 5.94. The summed E-state index contributed by atoms with van der Waals surface area (Å²) < 4.78 is 14.1. The summed E-state index contributed by atoms with van der Waals surface area (Å²) in [5.41, 5.74) is 1.31. The number of hydrogen-bond acceptors (Lipinski definition) is 2. The van der Waals surface area contributed by atoms with Crippen LogP contribution in [0.25, 0.3) is 0 Å². The molecule has 1 aromatic carbocycles. The first-order chi connectivity index (χ1) is 11.0. The SMILES string of the molecule is CC1CC2CN(C(=O)c3ccc(F)c(C4(C)CC4)c3)CCN2C1. The van der Waals surface area contributed by atoms with Gasteiger partial charge in [-0.2, -0.15) is 0 Å². The van der Waals surface area contributed by atoms with Crippen LogP contribution in [0.2, 0.25) is 0 Å². The van der Waals surface area contributed by atoms with E-state index < -0.39 is 0 Å². The van der Waals surface area contributed by atoms with Gasteiger partial charge in [-0.15, -0.1) is 0 Å². The van der Waals surface area contributed by atoms with E-state index in [9.17, 15) is 9.18 Å². The zero-order valence-corrected chi connectivity index (χ0v) is 14.0. The van der Waals surface area contributed by atoms with Gasteiger partial charge < -0.3 is 4.90 Å². The number of carbonyl (C=O) groups excluding carboxylic acids is 1. The van der Waals surface area contributed by atoms with Gasteiger partial charge in [-0.05, 0) is 54.4 Å². The van der Waals surface area contributed by atoms with E-state index in [0.717, 1.165) is 50.5 Å². The Morgan fingerprint density at radius 2 is 2.04 bits per heavy atom. The fourth-order valence-electron chi connectivity index (χ4n) is 4.24. The molecule has 2 heterocycles. The smallest absolute Gasteiger partial charge is 0.253 e. The maximum atomic E-state index is 14.1. The minimum absolute atomic E-state index is 0.0556. The Bertz CT molecular complexity index is 640. The molecule has 1 aliphatic carbocycles. The summed E-state index contributed by atoms with van der Waals surface area (Å²) >= 11 is 0. The van der Waals surface area contributed by atoms with Crippen molar-refractivity contribution in [3.05, 3.63) is 35.1 Å². The van der Waals surface area contributed by atoms with Crippen molar-refractivity contribution in [3.63, 3.8) is 0 Å². The predicted octanol–water partition coefficient (Wildman–Crippen LogP) is 3.04. The van der Waals surface area contributed by atoms with E-state index in [2.05, 4.69) is 18.7 Å². The molecule has 0 radical (unpaired) electrons. The molecule has 4 rings (SSSR count). The van der Waals surface area contributed by atoms with E-state index in [1.807, 2.05) is 4.90 Å². The summed E-state index contributed by atoms with van der Waals surface area (Å²) in [5.74, 6) is 0.619. The number of halogens is 1. The van der Waals surface area contributed by atoms with Crippen LogP contribution >= 0.6 is 0 Å². The van der Waals surface area contributed by atoms with Crippen LogP contribution in [0.5, 0.6) is 0 Å². The molecular weight excluding hydrogens is 291 g/mol. The number of nitrogens with zero attached hydrogens (tertiary/aromatic N) is 2. The van der Waals surface area contributed by atoms with E-state index in [0.29, 0.717) is 11.6 Å². The summed E-state index contributed by atoms with van der Waals surface area (Å²) in [6.45, 7) is 8.09. The Morgan fingerprint density at radius 1 is 1.26 bits per heavy atom. The third kappa shape index (κ3) is 2.67. The summed E-state index contributed by atoms with van der Waals surface area (Å²) in [6.07, 6.45) is 3.21. The van der Waals surface area contributed by atoms with Crippen LogP contribution in [0.15, 0.2) is 18.2 Å². The molecule has 4 heteroatoms. The van der Waals surface area contributed by atoms with Gasteiger partial charge in [0.1, 0.15) is 5.82 Å². The second-order valence-corrected chi connectivity index (χ2v) is 8.00. The lowest BCUT2D eigenvalue weighted by Crippen LogP contribution is -2.52. The van der Waals surface area contributed by atoms with E-state index in [4.69, 9.17) is 0 Å². The van der Waals surface area contributed by atoms with Gasteiger partial charge >= 0.3 is 0 Å². The third-order valence-electron chi connectivity index (χ3n) is 5.98. The summed E-state index contributed by atoms with van der Waals surface area (Å²) in [6, 6.07) is 5.42. The zero-order chi connectivity index (χ0) is 16.2. The maximum Gasteiger partial charge on any atom is 0.253 e. The van der Waals surface area contributed by atoms with Gasteiger partial charge in [-0.3, -0.25) is 9.69 Å². The van der Waals surface area contributed by atoms with Gasteiger partial charge in [-0.1, -0.05) is 13.8 Å². The molecule has 2 aliphatic heterocycles. The van der Waals surface area contributed by atoms with Crippen molar-refractivity contribution in [1.82, 2.24) is 9.80 Å². The highest BCUT2D eigenvalue weighted by Crippen LogP contribution is 2.48. The van der Waals surface area contributed by atoms with E-state index in [-0.39, 0.29) is 17.1 Å². The van der Waals surface area contributed by atoms with Crippen molar-refractivity contribution in [2.75, 3.05) is 26.2 Å². The lowest BCUT2D eigenvalue weighted by Gasteiger charge is -2.37. The van der Waals surface area contributed by atoms with Gasteiger partial charge in [0.05, 0.1) is 0 Å². The van der Waals surface area contributed by atoms with Crippen molar-refractivity contribution in [3.8, 4) is 0 Å². The van der Waals surface area contributed by atoms with Gasteiger partial charge in [-0.25, -0.2) is 4.39 Å². The van der Waals surface area contributed by atoms with Crippen LogP contribution < -0.4 is 0 Å². The van der Waals surface area contributed by atoms with Crippen molar-refractivity contribution in [2.24, 2.45) is 5.92 Å². The first-order valence-corrected chi connectivity index (χ1v) is 8.80. The Morgan fingerprint density at radius 3 is 2.78 bits per heavy atom. The molecule has 1 aromatic rings. The molecule has 23 heavy (non-hydrogen) atoms. The third-order valence-corrected chi connectivity index (χ3v) is 5.98. The number of amides is 1. The highest BCUT2D eigenvalue weighted by Gasteiger charge is 2.42. The van der Waals surface area contributed by atoms with Gasteiger partial charge in [0.2, 0.25) is 0 Å². The highest BCUT2D eigenvalue weighted by atomic mass is 19.1. The van der Waals surface area contributed by atoms with Crippen LogP contribution in [-0.4, -0.2) is 47.9 Å². The van der Waals surface area contributed by atoms with E-state index >= 15 is 0 Å². The van der Waals surface area contributed by atoms with Crippen LogP contribution in [0.3, 0.4) is 0 Å². The Kier molecular flexibility index (Phi) is 3.49. The monoisotopic (exact) mass is 316 g/mol. The number of hydrogen-bond donors (Lipinski definition) is 0. The van der Waals surface area contributed by atoms with E-state index in [1.165, 1.54) is 12.5 Å². The first kappa shape index (κ1) is 15.1. The van der Waals surface area contributed by atoms with Crippen molar-refractivity contribution < 1.29 is 9.18 Å². The molecule has 1 saturated carbocycles. The molecule has 2 saturated heterocycles. The second kappa shape index (κ2) is 5.30. The minimum Gasteiger partial charge on any atom is -0.336 e. The first-order valence-electron chi connectivity index (χ1n) is 8.80. The topological polar surface area (TPSA) is 23.6 Å². The molecule has 2 atom stereocenters. The minimum atomic E-state index is -0.170. The molecular formula is C19H25FN2O. The number of piperazine rings is 1. The normalized spacial score (nSPS) is 29.4. The Labute approximate surface area is 137 Å². The van der Waals surface area contributed by atoms with Crippen LogP contribution in [0, 0.1) is 11.7 Å². The lowest BCUT2D eigenvalue weighted by atomic mass is 9.95. The van der Waals surface area contributed by atoms with Crippen LogP contribution in [0.1, 0.15) is 49.0 Å². The fourth-order valence-corrected chi connectivity index (χ4v) is 4.24. The number of carbonyl (C=O) groups is 1. The summed E-state index contributed by atoms with van der Waals surface area (Å²) in [4.78, 5) is 17.3. The van der Waals surface area contributed by atoms with Crippen LogP contribution in [0.4, 0.5) is 4.39 Å². The number of rotatable bonds is 2. The summed E-state index contributed by atoms with van der Waals surface area (Å²) in [5, 5.41) is 0. The molecule has 3 nitrogen and oxygen atoms in total. The average molecular weight is 316 g/mol. The van der Waals surface area contributed by atoms with Gasteiger partial charge in [0.25, 0.3) is 5.91 Å². The molecule has 0 aromatic heterocycles. The van der Waals surface area contributed by atoms with Gasteiger partial charge in [0, 0.05) is 37.8 Å². The van der Waals surface area contributed by atoms with Crippen LogP contribution in [-0.2, 0) is 5.41 Å². The zero-order valence-electron chi connectivity index (χ0n) is 14.0. The lowest BCUT2D eigenvalue weighted by molar-refractivity contribution is 0.0571. The molecule has 0 N–H and O–H groups in total. The Balaban J connectivity index is 1.53. The Hall–Kier alpha value is -1.42.